The first-order chi connectivity index (χ1) is 12.4. The fourth-order valence-electron chi connectivity index (χ4n) is 3.84. The lowest BCUT2D eigenvalue weighted by molar-refractivity contribution is 0.196. The summed E-state index contributed by atoms with van der Waals surface area (Å²) in [5, 5.41) is 3.46. The summed E-state index contributed by atoms with van der Waals surface area (Å²) >= 11 is 0. The van der Waals surface area contributed by atoms with Crippen LogP contribution in [0.15, 0.2) is 42.6 Å². The van der Waals surface area contributed by atoms with Gasteiger partial charge in [0.25, 0.3) is 0 Å². The van der Waals surface area contributed by atoms with Gasteiger partial charge in [0.15, 0.2) is 5.82 Å². The Morgan fingerprint density at radius 2 is 1.63 bits per heavy atom. The highest BCUT2D eigenvalue weighted by Gasteiger charge is 2.22. The maximum atomic E-state index is 4.80. The number of piperazine rings is 1. The van der Waals surface area contributed by atoms with E-state index in [2.05, 4.69) is 32.2 Å². The Morgan fingerprint density at radius 1 is 0.926 bits per heavy atom. The van der Waals surface area contributed by atoms with Crippen LogP contribution in [-0.2, 0) is 0 Å². The van der Waals surface area contributed by atoms with Gasteiger partial charge in [0.1, 0.15) is 5.82 Å². The summed E-state index contributed by atoms with van der Waals surface area (Å²) in [5.41, 5.74) is 1.08. The second-order valence-corrected chi connectivity index (χ2v) is 7.09. The van der Waals surface area contributed by atoms with Crippen LogP contribution in [-0.4, -0.2) is 60.7 Å². The summed E-state index contributed by atoms with van der Waals surface area (Å²) < 4.78 is 0. The Labute approximate surface area is 174 Å². The summed E-state index contributed by atoms with van der Waals surface area (Å²) in [6.45, 7) is 8.01. The molecule has 0 saturated carbocycles. The number of aromatic nitrogens is 2. The van der Waals surface area contributed by atoms with E-state index in [0.717, 1.165) is 49.3 Å². The van der Waals surface area contributed by atoms with E-state index < -0.39 is 0 Å². The van der Waals surface area contributed by atoms with Gasteiger partial charge in [-0.1, -0.05) is 30.3 Å². The largest absolute Gasteiger partial charge is 0.354 e. The number of hydrogen-bond acceptors (Lipinski definition) is 5. The maximum Gasteiger partial charge on any atom is 0.161 e. The number of hydrogen-bond donors (Lipinski definition) is 1. The molecule has 1 aromatic heterocycles. The minimum Gasteiger partial charge on any atom is -0.354 e. The third-order valence-corrected chi connectivity index (χ3v) is 5.34. The smallest absolute Gasteiger partial charge is 0.161 e. The molecular formula is C20H29Cl2N5. The van der Waals surface area contributed by atoms with E-state index in [-0.39, 0.29) is 24.8 Å². The highest BCUT2D eigenvalue weighted by Crippen LogP contribution is 2.20. The fraction of sp³-hybridized carbons (Fsp3) is 0.500. The molecule has 0 amide bonds. The molecule has 5 nitrogen and oxygen atoms in total. The molecule has 0 unspecified atom stereocenters. The van der Waals surface area contributed by atoms with Crippen LogP contribution in [0.5, 0.6) is 0 Å². The highest BCUT2D eigenvalue weighted by atomic mass is 35.5. The first-order valence-corrected chi connectivity index (χ1v) is 9.45. The van der Waals surface area contributed by atoms with Gasteiger partial charge in [-0.3, -0.25) is 4.90 Å². The predicted molar refractivity (Wildman–Crippen MR) is 116 cm³/mol. The lowest BCUT2D eigenvalue weighted by Crippen LogP contribution is -2.48. The number of rotatable bonds is 4. The van der Waals surface area contributed by atoms with E-state index in [9.17, 15) is 0 Å². The van der Waals surface area contributed by atoms with Crippen molar-refractivity contribution in [1.29, 1.82) is 0 Å². The lowest BCUT2D eigenvalue weighted by Gasteiger charge is -2.37. The number of halogens is 2. The van der Waals surface area contributed by atoms with Crippen molar-refractivity contribution in [2.75, 3.05) is 50.7 Å². The highest BCUT2D eigenvalue weighted by molar-refractivity contribution is 5.85. The molecule has 2 saturated heterocycles. The summed E-state index contributed by atoms with van der Waals surface area (Å²) in [4.78, 5) is 14.3. The normalized spacial score (nSPS) is 18.4. The molecule has 0 radical (unpaired) electrons. The van der Waals surface area contributed by atoms with Crippen LogP contribution < -0.4 is 10.2 Å². The zero-order valence-electron chi connectivity index (χ0n) is 15.6. The lowest BCUT2D eigenvalue weighted by atomic mass is 9.97. The van der Waals surface area contributed by atoms with Gasteiger partial charge in [-0.15, -0.1) is 24.8 Å². The van der Waals surface area contributed by atoms with E-state index in [1.54, 1.807) is 0 Å². The molecule has 0 atom stereocenters. The predicted octanol–water partition coefficient (Wildman–Crippen LogP) is 3.11. The van der Waals surface area contributed by atoms with Crippen LogP contribution in [0, 0.1) is 5.92 Å². The van der Waals surface area contributed by atoms with Crippen molar-refractivity contribution < 1.29 is 0 Å². The van der Waals surface area contributed by atoms with Crippen molar-refractivity contribution in [3.8, 4) is 11.4 Å². The maximum absolute atomic E-state index is 4.80. The standard InChI is InChI=1S/C20H27N5.2ClH/c1-2-4-18(5-3-1)20-22-11-8-19(23-20)25-14-12-24(13-15-25)16-17-6-9-21-10-7-17;;/h1-5,8,11,17,21H,6-7,9-10,12-16H2;2*1H. The van der Waals surface area contributed by atoms with Crippen molar-refractivity contribution in [3.63, 3.8) is 0 Å². The SMILES string of the molecule is Cl.Cl.c1ccc(-c2nccc(N3CCN(CC4CCNCC4)CC3)n2)cc1. The van der Waals surface area contributed by atoms with Crippen LogP contribution in [0.1, 0.15) is 12.8 Å². The minimum absolute atomic E-state index is 0. The summed E-state index contributed by atoms with van der Waals surface area (Å²) in [5.74, 6) is 2.74. The van der Waals surface area contributed by atoms with E-state index >= 15 is 0 Å². The third-order valence-electron chi connectivity index (χ3n) is 5.34. The molecular weight excluding hydrogens is 381 g/mol. The van der Waals surface area contributed by atoms with Crippen LogP contribution in [0.25, 0.3) is 11.4 Å². The van der Waals surface area contributed by atoms with E-state index in [1.807, 2.05) is 30.5 Å². The summed E-state index contributed by atoms with van der Waals surface area (Å²) in [7, 11) is 0. The van der Waals surface area contributed by atoms with Crippen molar-refractivity contribution in [2.24, 2.45) is 5.92 Å². The van der Waals surface area contributed by atoms with E-state index in [4.69, 9.17) is 4.98 Å². The average Bonchev–Trinajstić information content (AvgIpc) is 2.70. The Balaban J connectivity index is 0.00000131. The molecule has 2 aromatic rings. The topological polar surface area (TPSA) is 44.3 Å². The van der Waals surface area contributed by atoms with Crippen LogP contribution in [0.3, 0.4) is 0 Å². The van der Waals surface area contributed by atoms with Gasteiger partial charge in [0.2, 0.25) is 0 Å². The Kier molecular flexibility index (Phi) is 8.77. The molecule has 2 fully saturated rings. The molecule has 3 heterocycles. The Bertz CT molecular complexity index is 671. The molecule has 7 heteroatoms. The van der Waals surface area contributed by atoms with E-state index in [0.29, 0.717) is 0 Å². The van der Waals surface area contributed by atoms with Gasteiger partial charge in [0, 0.05) is 44.5 Å². The van der Waals surface area contributed by atoms with Gasteiger partial charge < -0.3 is 10.2 Å². The molecule has 2 aliphatic heterocycles. The molecule has 2 aliphatic rings. The average molecular weight is 410 g/mol. The third kappa shape index (κ3) is 5.79. The minimum atomic E-state index is 0. The molecule has 1 aromatic carbocycles. The second-order valence-electron chi connectivity index (χ2n) is 7.09. The first-order valence-electron chi connectivity index (χ1n) is 9.45. The van der Waals surface area contributed by atoms with Crippen LogP contribution in [0.2, 0.25) is 0 Å². The van der Waals surface area contributed by atoms with Gasteiger partial charge >= 0.3 is 0 Å². The van der Waals surface area contributed by atoms with Crippen molar-refractivity contribution in [2.45, 2.75) is 12.8 Å². The quantitative estimate of drug-likeness (QED) is 0.839. The zero-order valence-corrected chi connectivity index (χ0v) is 17.2. The molecule has 0 aliphatic carbocycles. The van der Waals surface area contributed by atoms with Crippen LogP contribution in [0.4, 0.5) is 5.82 Å². The van der Waals surface area contributed by atoms with E-state index in [1.165, 1.54) is 32.5 Å². The van der Waals surface area contributed by atoms with Gasteiger partial charge in [-0.05, 0) is 37.9 Å². The van der Waals surface area contributed by atoms with Gasteiger partial charge in [-0.2, -0.15) is 0 Å². The summed E-state index contributed by atoms with van der Waals surface area (Å²) in [6.07, 6.45) is 4.53. The molecule has 0 bridgehead atoms. The molecule has 1 N–H and O–H groups in total. The molecule has 4 rings (SSSR count). The van der Waals surface area contributed by atoms with Gasteiger partial charge in [0.05, 0.1) is 0 Å². The van der Waals surface area contributed by atoms with Crippen molar-refractivity contribution >= 4 is 30.6 Å². The summed E-state index contributed by atoms with van der Waals surface area (Å²) in [6, 6.07) is 12.3. The monoisotopic (exact) mass is 409 g/mol. The fourth-order valence-corrected chi connectivity index (χ4v) is 3.84. The number of piperidine rings is 1. The first kappa shape index (κ1) is 21.9. The molecule has 0 spiro atoms. The number of anilines is 1. The molecule has 148 valence electrons. The second kappa shape index (κ2) is 10.8. The Morgan fingerprint density at radius 3 is 2.33 bits per heavy atom. The Hall–Kier alpha value is -1.40. The van der Waals surface area contributed by atoms with Gasteiger partial charge in [-0.25, -0.2) is 9.97 Å². The number of nitrogens with one attached hydrogen (secondary N) is 1. The van der Waals surface area contributed by atoms with Crippen molar-refractivity contribution in [3.05, 3.63) is 42.6 Å². The van der Waals surface area contributed by atoms with Crippen molar-refractivity contribution in [1.82, 2.24) is 20.2 Å². The number of benzene rings is 1. The molecule has 27 heavy (non-hydrogen) atoms. The van der Waals surface area contributed by atoms with Crippen LogP contribution >= 0.6 is 24.8 Å². The zero-order chi connectivity index (χ0) is 16.9. The number of nitrogens with zero attached hydrogens (tertiary/aromatic N) is 4.